The van der Waals surface area contributed by atoms with Gasteiger partial charge in [-0.15, -0.1) is 0 Å². The molecule has 0 bridgehead atoms. The van der Waals surface area contributed by atoms with Gasteiger partial charge in [0.25, 0.3) is 0 Å². The summed E-state index contributed by atoms with van der Waals surface area (Å²) < 4.78 is 16.3. The topological polar surface area (TPSA) is 77.4 Å². The van der Waals surface area contributed by atoms with Crippen LogP contribution in [-0.4, -0.2) is 48.0 Å². The van der Waals surface area contributed by atoms with Gasteiger partial charge in [0.05, 0.1) is 37.6 Å². The molecular formula is C20H24N2O5S. The first kappa shape index (κ1) is 20.3. The number of carbonyl (C=O) groups excluding carboxylic acids is 2. The maximum Gasteiger partial charge on any atom is 0.338 e. The third kappa shape index (κ3) is 3.73. The van der Waals surface area contributed by atoms with Crippen molar-refractivity contribution in [3.63, 3.8) is 0 Å². The minimum absolute atomic E-state index is 0.0651. The van der Waals surface area contributed by atoms with Crippen LogP contribution in [0.3, 0.4) is 0 Å². The number of methoxy groups -OCH3 is 1. The molecule has 0 aliphatic carbocycles. The average Bonchev–Trinajstić information content (AvgIpc) is 2.67. The van der Waals surface area contributed by atoms with Crippen molar-refractivity contribution in [3.05, 3.63) is 35.0 Å². The number of nitrogens with zero attached hydrogens (tertiary/aromatic N) is 2. The van der Waals surface area contributed by atoms with Crippen LogP contribution in [0.1, 0.15) is 38.8 Å². The fraction of sp³-hybridized carbons (Fsp3) is 0.450. The Morgan fingerprint density at radius 1 is 1.29 bits per heavy atom. The Hall–Kier alpha value is -2.48. The van der Waals surface area contributed by atoms with E-state index in [1.54, 1.807) is 38.0 Å². The number of allylic oxidation sites excluding steroid dienone is 1. The SMILES string of the molecule is CCOC(=O)C1=C(C)N=C2SCCC(=O)N2C1c1ccc(OCC)c(OC)c1. The van der Waals surface area contributed by atoms with Crippen LogP contribution in [0.2, 0.25) is 0 Å². The molecule has 8 heteroatoms. The van der Waals surface area contributed by atoms with E-state index in [9.17, 15) is 9.59 Å². The molecule has 1 atom stereocenters. The van der Waals surface area contributed by atoms with Gasteiger partial charge in [-0.2, -0.15) is 0 Å². The smallest absolute Gasteiger partial charge is 0.338 e. The van der Waals surface area contributed by atoms with Crippen molar-refractivity contribution in [1.29, 1.82) is 0 Å². The van der Waals surface area contributed by atoms with Crippen molar-refractivity contribution in [3.8, 4) is 11.5 Å². The number of ether oxygens (including phenoxy) is 3. The number of hydrogen-bond donors (Lipinski definition) is 0. The molecule has 1 amide bonds. The second kappa shape index (κ2) is 8.68. The molecule has 2 heterocycles. The van der Waals surface area contributed by atoms with Crippen LogP contribution in [0, 0.1) is 0 Å². The average molecular weight is 404 g/mol. The molecule has 1 aromatic carbocycles. The van der Waals surface area contributed by atoms with Crippen molar-refractivity contribution in [2.75, 3.05) is 26.1 Å². The lowest BCUT2D eigenvalue weighted by molar-refractivity contribution is -0.139. The number of fused-ring (bicyclic) bond motifs is 1. The first-order chi connectivity index (χ1) is 13.5. The molecule has 150 valence electrons. The quantitative estimate of drug-likeness (QED) is 0.677. The molecule has 2 aliphatic heterocycles. The van der Waals surface area contributed by atoms with Crippen molar-refractivity contribution in [2.24, 2.45) is 4.99 Å². The first-order valence-electron chi connectivity index (χ1n) is 9.23. The van der Waals surface area contributed by atoms with Crippen LogP contribution in [0.15, 0.2) is 34.5 Å². The summed E-state index contributed by atoms with van der Waals surface area (Å²) in [6.45, 7) is 6.17. The number of rotatable bonds is 6. The highest BCUT2D eigenvalue weighted by Crippen LogP contribution is 2.42. The van der Waals surface area contributed by atoms with Gasteiger partial charge >= 0.3 is 5.97 Å². The number of aliphatic imine (C=N–C) groups is 1. The highest BCUT2D eigenvalue weighted by atomic mass is 32.2. The molecule has 0 N–H and O–H groups in total. The van der Waals surface area contributed by atoms with Gasteiger partial charge in [0, 0.05) is 12.2 Å². The minimum Gasteiger partial charge on any atom is -0.493 e. The molecule has 1 aromatic rings. The Morgan fingerprint density at radius 2 is 2.07 bits per heavy atom. The molecule has 1 unspecified atom stereocenters. The van der Waals surface area contributed by atoms with Gasteiger partial charge in [0.15, 0.2) is 16.7 Å². The van der Waals surface area contributed by atoms with Gasteiger partial charge in [0.2, 0.25) is 5.91 Å². The van der Waals surface area contributed by atoms with Gasteiger partial charge in [-0.05, 0) is 38.5 Å². The second-order valence-electron chi connectivity index (χ2n) is 6.22. The van der Waals surface area contributed by atoms with E-state index >= 15 is 0 Å². The highest BCUT2D eigenvalue weighted by Gasteiger charge is 2.41. The Labute approximate surface area is 168 Å². The number of carbonyl (C=O) groups is 2. The summed E-state index contributed by atoms with van der Waals surface area (Å²) >= 11 is 1.51. The van der Waals surface area contributed by atoms with Gasteiger partial charge in [-0.25, -0.2) is 9.79 Å². The fourth-order valence-corrected chi connectivity index (χ4v) is 4.32. The fourth-order valence-electron chi connectivity index (χ4n) is 3.31. The number of thioether (sulfide) groups is 1. The van der Waals surface area contributed by atoms with E-state index in [-0.39, 0.29) is 12.5 Å². The van der Waals surface area contributed by atoms with Crippen molar-refractivity contribution in [2.45, 2.75) is 33.2 Å². The van der Waals surface area contributed by atoms with Crippen LogP contribution in [0.25, 0.3) is 0 Å². The standard InChI is InChI=1S/C20H24N2O5S/c1-5-26-14-8-7-13(11-15(14)25-4)18-17(19(24)27-6-2)12(3)21-20-22(18)16(23)9-10-28-20/h7-8,11,18H,5-6,9-10H2,1-4H3. The number of esters is 1. The Balaban J connectivity index is 2.14. The molecule has 0 aromatic heterocycles. The molecule has 2 aliphatic rings. The van der Waals surface area contributed by atoms with E-state index in [0.29, 0.717) is 46.7 Å². The Kier molecular flexibility index (Phi) is 6.28. The summed E-state index contributed by atoms with van der Waals surface area (Å²) in [4.78, 5) is 31.6. The summed E-state index contributed by atoms with van der Waals surface area (Å²) in [5, 5.41) is 0.611. The summed E-state index contributed by atoms with van der Waals surface area (Å²) in [6, 6.07) is 4.83. The van der Waals surface area contributed by atoms with Gasteiger partial charge in [-0.3, -0.25) is 9.69 Å². The van der Waals surface area contributed by atoms with E-state index in [1.807, 2.05) is 13.0 Å². The number of amides is 1. The summed E-state index contributed by atoms with van der Waals surface area (Å²) in [5.74, 6) is 1.29. The predicted molar refractivity (Wildman–Crippen MR) is 108 cm³/mol. The maximum atomic E-state index is 12.8. The molecule has 7 nitrogen and oxygen atoms in total. The van der Waals surface area contributed by atoms with E-state index in [0.717, 1.165) is 5.56 Å². The number of amidine groups is 1. The van der Waals surface area contributed by atoms with Crippen LogP contribution in [-0.2, 0) is 14.3 Å². The van der Waals surface area contributed by atoms with E-state index in [2.05, 4.69) is 4.99 Å². The zero-order valence-electron chi connectivity index (χ0n) is 16.5. The lowest BCUT2D eigenvalue weighted by Gasteiger charge is -2.39. The largest absolute Gasteiger partial charge is 0.493 e. The molecule has 28 heavy (non-hydrogen) atoms. The van der Waals surface area contributed by atoms with Crippen molar-refractivity contribution < 1.29 is 23.8 Å². The van der Waals surface area contributed by atoms with Crippen LogP contribution < -0.4 is 9.47 Å². The number of benzene rings is 1. The maximum absolute atomic E-state index is 12.8. The van der Waals surface area contributed by atoms with E-state index in [1.165, 1.54) is 11.8 Å². The highest BCUT2D eigenvalue weighted by molar-refractivity contribution is 8.14. The molecule has 0 radical (unpaired) electrons. The molecule has 1 saturated heterocycles. The number of hydrogen-bond acceptors (Lipinski definition) is 7. The predicted octanol–water partition coefficient (Wildman–Crippen LogP) is 3.31. The molecule has 1 fully saturated rings. The van der Waals surface area contributed by atoms with Gasteiger partial charge < -0.3 is 14.2 Å². The lowest BCUT2D eigenvalue weighted by Crippen LogP contribution is -2.45. The third-order valence-electron chi connectivity index (χ3n) is 4.51. The minimum atomic E-state index is -0.614. The molecular weight excluding hydrogens is 380 g/mol. The Bertz CT molecular complexity index is 849. The molecule has 3 rings (SSSR count). The van der Waals surface area contributed by atoms with E-state index < -0.39 is 12.0 Å². The normalized spacial score (nSPS) is 19.1. The van der Waals surface area contributed by atoms with Crippen LogP contribution in [0.5, 0.6) is 11.5 Å². The zero-order chi connectivity index (χ0) is 20.3. The van der Waals surface area contributed by atoms with Gasteiger partial charge in [-0.1, -0.05) is 17.8 Å². The second-order valence-corrected chi connectivity index (χ2v) is 7.28. The zero-order valence-corrected chi connectivity index (χ0v) is 17.3. The first-order valence-corrected chi connectivity index (χ1v) is 10.2. The summed E-state index contributed by atoms with van der Waals surface area (Å²) in [6.07, 6.45) is 0.392. The van der Waals surface area contributed by atoms with Crippen molar-refractivity contribution in [1.82, 2.24) is 4.90 Å². The summed E-state index contributed by atoms with van der Waals surface area (Å²) in [7, 11) is 1.56. The monoisotopic (exact) mass is 404 g/mol. The lowest BCUT2D eigenvalue weighted by atomic mass is 9.94. The Morgan fingerprint density at radius 3 is 2.75 bits per heavy atom. The summed E-state index contributed by atoms with van der Waals surface area (Å²) in [5.41, 5.74) is 1.67. The van der Waals surface area contributed by atoms with Crippen LogP contribution >= 0.6 is 11.8 Å². The molecule has 0 saturated carbocycles. The third-order valence-corrected chi connectivity index (χ3v) is 5.46. The van der Waals surface area contributed by atoms with Crippen molar-refractivity contribution >= 4 is 28.8 Å². The van der Waals surface area contributed by atoms with E-state index in [4.69, 9.17) is 14.2 Å². The van der Waals surface area contributed by atoms with Crippen LogP contribution in [0.4, 0.5) is 0 Å². The van der Waals surface area contributed by atoms with Gasteiger partial charge in [0.1, 0.15) is 0 Å². The molecule has 0 spiro atoms.